The van der Waals surface area contributed by atoms with Gasteiger partial charge in [0.2, 0.25) is 10.0 Å². The molecule has 6 heteroatoms. The zero-order chi connectivity index (χ0) is 15.6. The molecule has 0 aliphatic carbocycles. The Bertz CT molecular complexity index is 506. The number of pyridine rings is 1. The van der Waals surface area contributed by atoms with Crippen LogP contribution >= 0.6 is 11.6 Å². The van der Waals surface area contributed by atoms with Crippen molar-refractivity contribution in [1.29, 1.82) is 0 Å². The van der Waals surface area contributed by atoms with Crippen LogP contribution in [0.25, 0.3) is 0 Å². The Morgan fingerprint density at radius 3 is 2.33 bits per heavy atom. The standard InChI is InChI=1S/C15H25ClN2O2S/c1-2-3-4-5-6-7-8-9-11-18-21(19,20)15-13-17-12-10-14(15)16/h10,12-13,18H,2-9,11H2,1H3. The van der Waals surface area contributed by atoms with Crippen LogP contribution in [0.1, 0.15) is 58.3 Å². The molecule has 0 saturated heterocycles. The first-order valence-electron chi connectivity index (χ1n) is 7.67. The van der Waals surface area contributed by atoms with Gasteiger partial charge in [-0.2, -0.15) is 0 Å². The number of hydrogen-bond donors (Lipinski definition) is 1. The fourth-order valence-corrected chi connectivity index (χ4v) is 3.61. The van der Waals surface area contributed by atoms with Gasteiger partial charge in [0, 0.05) is 18.9 Å². The summed E-state index contributed by atoms with van der Waals surface area (Å²) in [6.45, 7) is 2.66. The van der Waals surface area contributed by atoms with Crippen LogP contribution in [0.3, 0.4) is 0 Å². The molecule has 1 aromatic rings. The Labute approximate surface area is 133 Å². The van der Waals surface area contributed by atoms with Crippen molar-refractivity contribution in [3.63, 3.8) is 0 Å². The molecule has 0 radical (unpaired) electrons. The predicted octanol–water partition coefficient (Wildman–Crippen LogP) is 4.15. The maximum absolute atomic E-state index is 12.0. The van der Waals surface area contributed by atoms with Crippen molar-refractivity contribution >= 4 is 21.6 Å². The van der Waals surface area contributed by atoms with Crippen molar-refractivity contribution in [1.82, 2.24) is 9.71 Å². The van der Waals surface area contributed by atoms with Gasteiger partial charge >= 0.3 is 0 Å². The number of nitrogens with one attached hydrogen (secondary N) is 1. The summed E-state index contributed by atoms with van der Waals surface area (Å²) < 4.78 is 26.6. The molecule has 0 fully saturated rings. The van der Waals surface area contributed by atoms with E-state index in [1.165, 1.54) is 57.0 Å². The summed E-state index contributed by atoms with van der Waals surface area (Å²) in [7, 11) is -3.54. The minimum absolute atomic E-state index is 0.0474. The molecule has 0 aliphatic heterocycles. The van der Waals surface area contributed by atoms with Crippen molar-refractivity contribution in [3.05, 3.63) is 23.5 Å². The molecule has 0 atom stereocenters. The summed E-state index contributed by atoms with van der Waals surface area (Å²) in [5.74, 6) is 0. The first-order valence-corrected chi connectivity index (χ1v) is 9.53. The van der Waals surface area contributed by atoms with Crippen LogP contribution < -0.4 is 4.72 Å². The highest BCUT2D eigenvalue weighted by Crippen LogP contribution is 2.18. The SMILES string of the molecule is CCCCCCCCCCNS(=O)(=O)c1cnccc1Cl. The van der Waals surface area contributed by atoms with Crippen LogP contribution in [0.15, 0.2) is 23.4 Å². The number of hydrogen-bond acceptors (Lipinski definition) is 3. The first kappa shape index (κ1) is 18.4. The van der Waals surface area contributed by atoms with Crippen molar-refractivity contribution in [2.45, 2.75) is 63.2 Å². The Hall–Kier alpha value is -0.650. The Kier molecular flexibility index (Phi) is 8.88. The van der Waals surface area contributed by atoms with E-state index in [4.69, 9.17) is 11.6 Å². The van der Waals surface area contributed by atoms with E-state index in [0.717, 1.165) is 12.8 Å². The minimum atomic E-state index is -3.54. The summed E-state index contributed by atoms with van der Waals surface area (Å²) in [6.07, 6.45) is 12.2. The van der Waals surface area contributed by atoms with E-state index in [1.54, 1.807) is 0 Å². The zero-order valence-electron chi connectivity index (χ0n) is 12.6. The number of sulfonamides is 1. The number of aromatic nitrogens is 1. The summed E-state index contributed by atoms with van der Waals surface area (Å²) in [4.78, 5) is 3.85. The summed E-state index contributed by atoms with van der Waals surface area (Å²) in [5, 5.41) is 0.202. The van der Waals surface area contributed by atoms with E-state index < -0.39 is 10.0 Å². The van der Waals surface area contributed by atoms with Gasteiger partial charge in [-0.3, -0.25) is 4.98 Å². The monoisotopic (exact) mass is 332 g/mol. The lowest BCUT2D eigenvalue weighted by atomic mass is 10.1. The van der Waals surface area contributed by atoms with E-state index in [-0.39, 0.29) is 9.92 Å². The van der Waals surface area contributed by atoms with Crippen LogP contribution in [-0.2, 0) is 10.0 Å². The van der Waals surface area contributed by atoms with Gasteiger partial charge < -0.3 is 0 Å². The quantitative estimate of drug-likeness (QED) is 0.619. The molecule has 0 unspecified atom stereocenters. The maximum Gasteiger partial charge on any atom is 0.243 e. The van der Waals surface area contributed by atoms with E-state index in [0.29, 0.717) is 6.54 Å². The second-order valence-corrected chi connectivity index (χ2v) is 7.32. The van der Waals surface area contributed by atoms with Crippen LogP contribution in [0.2, 0.25) is 5.02 Å². The van der Waals surface area contributed by atoms with Gasteiger partial charge in [-0.15, -0.1) is 0 Å². The highest BCUT2D eigenvalue weighted by molar-refractivity contribution is 7.89. The third-order valence-electron chi connectivity index (χ3n) is 3.35. The smallest absolute Gasteiger partial charge is 0.243 e. The summed E-state index contributed by atoms with van der Waals surface area (Å²) in [5.41, 5.74) is 0. The maximum atomic E-state index is 12.0. The van der Waals surface area contributed by atoms with E-state index in [1.807, 2.05) is 0 Å². The Balaban J connectivity index is 2.19. The summed E-state index contributed by atoms with van der Waals surface area (Å²) in [6, 6.07) is 1.48. The van der Waals surface area contributed by atoms with Crippen molar-refractivity contribution in [2.24, 2.45) is 0 Å². The average molecular weight is 333 g/mol. The molecular formula is C15H25ClN2O2S. The number of nitrogens with zero attached hydrogens (tertiary/aromatic N) is 1. The van der Waals surface area contributed by atoms with Gasteiger partial charge in [-0.05, 0) is 12.5 Å². The molecule has 4 nitrogen and oxygen atoms in total. The Morgan fingerprint density at radius 2 is 1.71 bits per heavy atom. The molecule has 0 bridgehead atoms. The minimum Gasteiger partial charge on any atom is -0.263 e. The van der Waals surface area contributed by atoms with Crippen LogP contribution in [-0.4, -0.2) is 19.9 Å². The lowest BCUT2D eigenvalue weighted by molar-refractivity contribution is 0.559. The van der Waals surface area contributed by atoms with Gasteiger partial charge in [-0.25, -0.2) is 13.1 Å². The van der Waals surface area contributed by atoms with Crippen molar-refractivity contribution in [2.75, 3.05) is 6.54 Å². The van der Waals surface area contributed by atoms with Gasteiger partial charge in [0.15, 0.2) is 0 Å². The van der Waals surface area contributed by atoms with Crippen LogP contribution in [0.4, 0.5) is 0 Å². The molecule has 0 aromatic carbocycles. The van der Waals surface area contributed by atoms with Crippen molar-refractivity contribution < 1.29 is 8.42 Å². The predicted molar refractivity (Wildman–Crippen MR) is 87.0 cm³/mol. The van der Waals surface area contributed by atoms with Gasteiger partial charge in [0.05, 0.1) is 5.02 Å². The molecule has 1 N–H and O–H groups in total. The van der Waals surface area contributed by atoms with Crippen LogP contribution in [0.5, 0.6) is 0 Å². The second kappa shape index (κ2) is 10.1. The van der Waals surface area contributed by atoms with Crippen molar-refractivity contribution in [3.8, 4) is 0 Å². The topological polar surface area (TPSA) is 59.1 Å². The highest BCUT2D eigenvalue weighted by Gasteiger charge is 2.16. The number of unbranched alkanes of at least 4 members (excludes halogenated alkanes) is 7. The molecule has 1 rings (SSSR count). The third kappa shape index (κ3) is 7.25. The zero-order valence-corrected chi connectivity index (χ0v) is 14.2. The van der Waals surface area contributed by atoms with Gasteiger partial charge in [-0.1, -0.05) is 63.5 Å². The third-order valence-corrected chi connectivity index (χ3v) is 5.28. The molecule has 120 valence electrons. The fourth-order valence-electron chi connectivity index (χ4n) is 2.10. The van der Waals surface area contributed by atoms with E-state index in [2.05, 4.69) is 16.6 Å². The lowest BCUT2D eigenvalue weighted by Gasteiger charge is -2.07. The normalized spacial score (nSPS) is 11.7. The fraction of sp³-hybridized carbons (Fsp3) is 0.667. The average Bonchev–Trinajstić information content (AvgIpc) is 2.46. The molecule has 0 saturated carbocycles. The first-order chi connectivity index (χ1) is 10.1. The van der Waals surface area contributed by atoms with Gasteiger partial charge in [0.1, 0.15) is 4.90 Å². The molecule has 21 heavy (non-hydrogen) atoms. The second-order valence-electron chi connectivity index (χ2n) is 5.18. The molecule has 1 aromatic heterocycles. The van der Waals surface area contributed by atoms with E-state index >= 15 is 0 Å². The van der Waals surface area contributed by atoms with E-state index in [9.17, 15) is 8.42 Å². The molecule has 1 heterocycles. The molecule has 0 spiro atoms. The van der Waals surface area contributed by atoms with Gasteiger partial charge in [0.25, 0.3) is 0 Å². The Morgan fingerprint density at radius 1 is 1.10 bits per heavy atom. The highest BCUT2D eigenvalue weighted by atomic mass is 35.5. The molecular weight excluding hydrogens is 308 g/mol. The van der Waals surface area contributed by atoms with Crippen LogP contribution in [0, 0.1) is 0 Å². The number of halogens is 1. The largest absolute Gasteiger partial charge is 0.263 e. The molecule has 0 aliphatic rings. The number of rotatable bonds is 11. The molecule has 0 amide bonds. The summed E-state index contributed by atoms with van der Waals surface area (Å²) >= 11 is 5.87. The lowest BCUT2D eigenvalue weighted by Crippen LogP contribution is -2.25.